The summed E-state index contributed by atoms with van der Waals surface area (Å²) < 4.78 is 32.5. The molecule has 290 valence electrons. The van der Waals surface area contributed by atoms with Crippen LogP contribution in [0.15, 0.2) is 48.6 Å². The molecule has 0 saturated carbocycles. The Labute approximate surface area is 305 Å². The molecule has 0 radical (unpaired) electrons. The summed E-state index contributed by atoms with van der Waals surface area (Å²) >= 11 is 0. The van der Waals surface area contributed by atoms with Gasteiger partial charge in [0.2, 0.25) is 0 Å². The third kappa shape index (κ3) is 35.8. The Morgan fingerprint density at radius 2 is 1.06 bits per heavy atom. The highest BCUT2D eigenvalue weighted by atomic mass is 31.2. The maximum atomic E-state index is 12.5. The molecule has 3 N–H and O–H groups in total. The zero-order valence-corrected chi connectivity index (χ0v) is 32.5. The van der Waals surface area contributed by atoms with Gasteiger partial charge in [0.15, 0.2) is 6.10 Å². The molecule has 0 aromatic carbocycles. The smallest absolute Gasteiger partial charge is 0.462 e. The van der Waals surface area contributed by atoms with E-state index in [2.05, 4.69) is 56.4 Å². The van der Waals surface area contributed by atoms with Crippen molar-refractivity contribution < 1.29 is 37.6 Å². The fraction of sp³-hybridized carbons (Fsp3) is 0.750. The number of esters is 2. The van der Waals surface area contributed by atoms with Gasteiger partial charge in [-0.3, -0.25) is 18.6 Å². The van der Waals surface area contributed by atoms with Crippen molar-refractivity contribution in [2.45, 2.75) is 168 Å². The van der Waals surface area contributed by atoms with Crippen LogP contribution in [0.3, 0.4) is 0 Å². The molecule has 9 nitrogen and oxygen atoms in total. The average Bonchev–Trinajstić information content (AvgIpc) is 3.10. The number of nitrogens with two attached hydrogens (primary N) is 1. The molecule has 10 heteroatoms. The SMILES string of the molecule is CCCCCCCCC/C=C/C/C=C/C/C=C/C/C=C/CCCC(=O)O[C@H](COC(=O)CCCCCCCCCC)COP(=O)(O)OCCN. The number of ether oxygens (including phenoxy) is 2. The molecule has 0 aliphatic heterocycles. The van der Waals surface area contributed by atoms with Crippen molar-refractivity contribution in [2.75, 3.05) is 26.4 Å². The zero-order chi connectivity index (χ0) is 36.8. The molecule has 50 heavy (non-hydrogen) atoms. The Balaban J connectivity index is 4.26. The molecule has 0 heterocycles. The normalized spacial score (nSPS) is 13.9. The quantitative estimate of drug-likeness (QED) is 0.0280. The number of phosphoric ester groups is 1. The second-order valence-electron chi connectivity index (χ2n) is 12.8. The van der Waals surface area contributed by atoms with Crippen LogP contribution in [0, 0.1) is 0 Å². The van der Waals surface area contributed by atoms with Gasteiger partial charge in [-0.1, -0.05) is 146 Å². The number of carbonyl (C=O) groups is 2. The number of unbranched alkanes of at least 4 members (excludes halogenated alkanes) is 15. The van der Waals surface area contributed by atoms with Crippen LogP contribution in [0.4, 0.5) is 0 Å². The molecule has 0 rings (SSSR count). The van der Waals surface area contributed by atoms with E-state index in [9.17, 15) is 19.0 Å². The summed E-state index contributed by atoms with van der Waals surface area (Å²) in [6.07, 6.45) is 40.3. The number of phosphoric acid groups is 1. The summed E-state index contributed by atoms with van der Waals surface area (Å²) in [5, 5.41) is 0. The van der Waals surface area contributed by atoms with Crippen LogP contribution in [-0.2, 0) is 32.7 Å². The van der Waals surface area contributed by atoms with E-state index in [1.807, 2.05) is 6.08 Å². The fourth-order valence-electron chi connectivity index (χ4n) is 5.04. The summed E-state index contributed by atoms with van der Waals surface area (Å²) in [5.74, 6) is -0.901. The Kier molecular flexibility index (Phi) is 35.3. The average molecular weight is 726 g/mol. The van der Waals surface area contributed by atoms with Crippen molar-refractivity contribution in [2.24, 2.45) is 5.73 Å². The second kappa shape index (κ2) is 36.8. The molecule has 0 amide bonds. The highest BCUT2D eigenvalue weighted by Gasteiger charge is 2.25. The van der Waals surface area contributed by atoms with E-state index in [0.717, 1.165) is 38.5 Å². The molecule has 0 aliphatic rings. The number of hydrogen-bond donors (Lipinski definition) is 2. The van der Waals surface area contributed by atoms with E-state index in [-0.39, 0.29) is 32.6 Å². The van der Waals surface area contributed by atoms with Gasteiger partial charge in [-0.05, 0) is 51.4 Å². The molecular formula is C40H72NO8P. The Morgan fingerprint density at radius 1 is 0.600 bits per heavy atom. The van der Waals surface area contributed by atoms with E-state index in [1.165, 1.54) is 83.5 Å². The van der Waals surface area contributed by atoms with Gasteiger partial charge < -0.3 is 20.1 Å². The monoisotopic (exact) mass is 725 g/mol. The highest BCUT2D eigenvalue weighted by molar-refractivity contribution is 7.47. The number of carbonyl (C=O) groups excluding carboxylic acids is 2. The van der Waals surface area contributed by atoms with Crippen molar-refractivity contribution in [1.82, 2.24) is 0 Å². The van der Waals surface area contributed by atoms with Gasteiger partial charge in [-0.25, -0.2) is 4.57 Å². The minimum atomic E-state index is -4.38. The van der Waals surface area contributed by atoms with Gasteiger partial charge in [0.1, 0.15) is 6.61 Å². The largest absolute Gasteiger partial charge is 0.472 e. The molecule has 2 atom stereocenters. The van der Waals surface area contributed by atoms with Crippen molar-refractivity contribution in [1.29, 1.82) is 0 Å². The van der Waals surface area contributed by atoms with Crippen molar-refractivity contribution in [3.05, 3.63) is 48.6 Å². The molecule has 0 aliphatic carbocycles. The molecule has 0 fully saturated rings. The van der Waals surface area contributed by atoms with Gasteiger partial charge in [0.05, 0.1) is 13.2 Å². The summed E-state index contributed by atoms with van der Waals surface area (Å²) in [5.41, 5.74) is 5.32. The van der Waals surface area contributed by atoms with Crippen LogP contribution >= 0.6 is 7.82 Å². The third-order valence-electron chi connectivity index (χ3n) is 7.97. The maximum absolute atomic E-state index is 12.5. The van der Waals surface area contributed by atoms with Crippen LogP contribution in [0.5, 0.6) is 0 Å². The molecule has 0 aromatic heterocycles. The van der Waals surface area contributed by atoms with Crippen LogP contribution in [0.25, 0.3) is 0 Å². The predicted molar refractivity (Wildman–Crippen MR) is 206 cm³/mol. The maximum Gasteiger partial charge on any atom is 0.472 e. The summed E-state index contributed by atoms with van der Waals surface area (Å²) in [7, 11) is -4.38. The van der Waals surface area contributed by atoms with Crippen LogP contribution in [-0.4, -0.2) is 49.3 Å². The lowest BCUT2D eigenvalue weighted by molar-refractivity contribution is -0.161. The van der Waals surface area contributed by atoms with E-state index >= 15 is 0 Å². The van der Waals surface area contributed by atoms with E-state index in [1.54, 1.807) is 0 Å². The molecule has 0 aromatic rings. The first-order chi connectivity index (χ1) is 24.3. The molecule has 0 bridgehead atoms. The third-order valence-corrected chi connectivity index (χ3v) is 8.95. The van der Waals surface area contributed by atoms with Crippen molar-refractivity contribution >= 4 is 19.8 Å². The van der Waals surface area contributed by atoms with E-state index in [0.29, 0.717) is 12.8 Å². The number of hydrogen-bond acceptors (Lipinski definition) is 8. The van der Waals surface area contributed by atoms with E-state index in [4.69, 9.17) is 24.3 Å². The molecule has 0 saturated heterocycles. The molecule has 0 spiro atoms. The van der Waals surface area contributed by atoms with Gasteiger partial charge >= 0.3 is 19.8 Å². The fourth-order valence-corrected chi connectivity index (χ4v) is 5.80. The van der Waals surface area contributed by atoms with Gasteiger partial charge in [0, 0.05) is 19.4 Å². The first kappa shape index (κ1) is 48.0. The zero-order valence-electron chi connectivity index (χ0n) is 31.6. The summed E-state index contributed by atoms with van der Waals surface area (Å²) in [6.45, 7) is 3.61. The molecular weight excluding hydrogens is 653 g/mol. The number of allylic oxidation sites excluding steroid dienone is 8. The second-order valence-corrected chi connectivity index (χ2v) is 14.3. The van der Waals surface area contributed by atoms with Gasteiger partial charge in [0.25, 0.3) is 0 Å². The van der Waals surface area contributed by atoms with Crippen LogP contribution in [0.1, 0.15) is 162 Å². The van der Waals surface area contributed by atoms with E-state index < -0.39 is 32.5 Å². The van der Waals surface area contributed by atoms with Crippen LogP contribution < -0.4 is 5.73 Å². The molecule has 1 unspecified atom stereocenters. The summed E-state index contributed by atoms with van der Waals surface area (Å²) in [4.78, 5) is 34.6. The van der Waals surface area contributed by atoms with Gasteiger partial charge in [-0.2, -0.15) is 0 Å². The minimum absolute atomic E-state index is 0.0439. The lowest BCUT2D eigenvalue weighted by atomic mass is 10.1. The minimum Gasteiger partial charge on any atom is -0.462 e. The van der Waals surface area contributed by atoms with Crippen LogP contribution in [0.2, 0.25) is 0 Å². The lowest BCUT2D eigenvalue weighted by Gasteiger charge is -2.19. The van der Waals surface area contributed by atoms with Gasteiger partial charge in [-0.15, -0.1) is 0 Å². The first-order valence-electron chi connectivity index (χ1n) is 19.6. The van der Waals surface area contributed by atoms with Crippen molar-refractivity contribution in [3.63, 3.8) is 0 Å². The Bertz CT molecular complexity index is 965. The Hall–Kier alpha value is -2.03. The van der Waals surface area contributed by atoms with Crippen molar-refractivity contribution in [3.8, 4) is 0 Å². The predicted octanol–water partition coefficient (Wildman–Crippen LogP) is 10.8. The highest BCUT2D eigenvalue weighted by Crippen LogP contribution is 2.43. The Morgan fingerprint density at radius 3 is 1.60 bits per heavy atom. The standard InChI is InChI=1S/C40H72NO8P/c1-3-5-7-9-11-13-14-15-16-17-18-19-20-21-22-23-24-25-27-29-31-33-40(43)49-38(37-48-50(44,45)47-35-34-41)36-46-39(42)32-30-28-26-12-10-8-6-4-2/h16-17,19-20,22-23,25,27,38H,3-15,18,21,24,26,28-37,41H2,1-2H3,(H,44,45)/b17-16+,20-19+,23-22+,27-25+/t38-/m1/s1. The topological polar surface area (TPSA) is 134 Å². The number of rotatable bonds is 36. The first-order valence-corrected chi connectivity index (χ1v) is 21.1. The lowest BCUT2D eigenvalue weighted by Crippen LogP contribution is -2.29. The summed E-state index contributed by atoms with van der Waals surface area (Å²) in [6, 6.07) is 0.